The minimum absolute atomic E-state index is 0.364. The number of rotatable bonds is 2. The number of aryl methyl sites for hydroxylation is 1. The van der Waals surface area contributed by atoms with Gasteiger partial charge in [0, 0.05) is 10.6 Å². The molecule has 0 saturated heterocycles. The molecule has 0 bridgehead atoms. The molecular formula is C15H14ClFO. The van der Waals surface area contributed by atoms with Crippen molar-refractivity contribution in [1.82, 2.24) is 0 Å². The largest absolute Gasteiger partial charge is 0.381 e. The van der Waals surface area contributed by atoms with Crippen molar-refractivity contribution in [3.05, 3.63) is 70.0 Å². The van der Waals surface area contributed by atoms with Crippen LogP contribution in [0.3, 0.4) is 0 Å². The summed E-state index contributed by atoms with van der Waals surface area (Å²) in [5, 5.41) is 11.1. The van der Waals surface area contributed by atoms with Crippen LogP contribution < -0.4 is 0 Å². The van der Waals surface area contributed by atoms with Crippen molar-refractivity contribution < 1.29 is 9.50 Å². The molecule has 0 saturated carbocycles. The predicted molar refractivity (Wildman–Crippen MR) is 71.3 cm³/mol. The van der Waals surface area contributed by atoms with Crippen LogP contribution in [0.1, 0.15) is 23.6 Å². The molecule has 1 unspecified atom stereocenters. The first-order valence-electron chi connectivity index (χ1n) is 5.66. The van der Waals surface area contributed by atoms with Crippen LogP contribution in [0.4, 0.5) is 4.39 Å². The summed E-state index contributed by atoms with van der Waals surface area (Å²) < 4.78 is 13.4. The quantitative estimate of drug-likeness (QED) is 0.868. The summed E-state index contributed by atoms with van der Waals surface area (Å²) in [5.74, 6) is -0.364. The van der Waals surface area contributed by atoms with Gasteiger partial charge in [-0.15, -0.1) is 0 Å². The second kappa shape index (κ2) is 4.71. The lowest BCUT2D eigenvalue weighted by Crippen LogP contribution is -2.23. The van der Waals surface area contributed by atoms with Crippen molar-refractivity contribution in [2.45, 2.75) is 19.4 Å². The van der Waals surface area contributed by atoms with Gasteiger partial charge in [0.2, 0.25) is 0 Å². The smallest absolute Gasteiger partial charge is 0.123 e. The molecule has 0 radical (unpaired) electrons. The number of aliphatic hydroxyl groups is 1. The van der Waals surface area contributed by atoms with Crippen molar-refractivity contribution in [2.75, 3.05) is 0 Å². The first-order valence-corrected chi connectivity index (χ1v) is 6.04. The molecule has 0 spiro atoms. The average Bonchev–Trinajstić information content (AvgIpc) is 2.28. The molecule has 1 N–H and O–H groups in total. The molecule has 0 heterocycles. The highest BCUT2D eigenvalue weighted by Crippen LogP contribution is 2.34. The van der Waals surface area contributed by atoms with E-state index < -0.39 is 5.60 Å². The molecule has 2 aromatic rings. The van der Waals surface area contributed by atoms with E-state index in [4.69, 9.17) is 11.6 Å². The van der Waals surface area contributed by atoms with Gasteiger partial charge in [-0.3, -0.25) is 0 Å². The Kier molecular flexibility index (Phi) is 3.42. The molecule has 2 rings (SSSR count). The van der Waals surface area contributed by atoms with Gasteiger partial charge < -0.3 is 5.11 Å². The van der Waals surface area contributed by atoms with Crippen LogP contribution in [0.5, 0.6) is 0 Å². The Morgan fingerprint density at radius 1 is 1.17 bits per heavy atom. The average molecular weight is 265 g/mol. The summed E-state index contributed by atoms with van der Waals surface area (Å²) in [6, 6.07) is 11.5. The first-order chi connectivity index (χ1) is 8.41. The van der Waals surface area contributed by atoms with Gasteiger partial charge >= 0.3 is 0 Å². The maximum Gasteiger partial charge on any atom is 0.123 e. The summed E-state index contributed by atoms with van der Waals surface area (Å²) in [6.45, 7) is 3.40. The maximum atomic E-state index is 13.4. The Balaban J connectivity index is 2.57. The van der Waals surface area contributed by atoms with Gasteiger partial charge in [-0.25, -0.2) is 4.39 Å². The fourth-order valence-electron chi connectivity index (χ4n) is 2.03. The SMILES string of the molecule is Cc1cc(F)cc(C(C)(O)c2ccccc2Cl)c1. The van der Waals surface area contributed by atoms with Gasteiger partial charge in [-0.2, -0.15) is 0 Å². The third-order valence-electron chi connectivity index (χ3n) is 3.00. The standard InChI is InChI=1S/C15H14ClFO/c1-10-7-11(9-12(17)8-10)15(2,18)13-5-3-4-6-14(13)16/h3-9,18H,1-2H3. The Morgan fingerprint density at radius 2 is 1.83 bits per heavy atom. The van der Waals surface area contributed by atoms with Gasteiger partial charge in [0.15, 0.2) is 0 Å². The normalized spacial score (nSPS) is 14.3. The molecule has 1 nitrogen and oxygen atoms in total. The number of hydrogen-bond acceptors (Lipinski definition) is 1. The molecule has 0 aliphatic heterocycles. The maximum absolute atomic E-state index is 13.4. The molecule has 0 aliphatic rings. The minimum atomic E-state index is -1.31. The van der Waals surface area contributed by atoms with Gasteiger partial charge in [0.1, 0.15) is 11.4 Å². The van der Waals surface area contributed by atoms with E-state index in [-0.39, 0.29) is 5.82 Å². The van der Waals surface area contributed by atoms with Gasteiger partial charge in [0.05, 0.1) is 0 Å². The molecule has 94 valence electrons. The van der Waals surface area contributed by atoms with Crippen molar-refractivity contribution in [3.8, 4) is 0 Å². The molecule has 0 fully saturated rings. The highest BCUT2D eigenvalue weighted by atomic mass is 35.5. The molecule has 2 aromatic carbocycles. The highest BCUT2D eigenvalue weighted by Gasteiger charge is 2.28. The molecule has 0 aliphatic carbocycles. The second-order valence-electron chi connectivity index (χ2n) is 4.57. The van der Waals surface area contributed by atoms with Crippen LogP contribution in [0, 0.1) is 12.7 Å². The third kappa shape index (κ3) is 2.40. The van der Waals surface area contributed by atoms with Crippen LogP contribution in [-0.2, 0) is 5.60 Å². The Morgan fingerprint density at radius 3 is 2.44 bits per heavy atom. The Bertz CT molecular complexity index is 558. The van der Waals surface area contributed by atoms with Gasteiger partial charge in [-0.1, -0.05) is 35.9 Å². The first kappa shape index (κ1) is 13.1. The zero-order valence-corrected chi connectivity index (χ0v) is 11.0. The Labute approximate surface area is 111 Å². The van der Waals surface area contributed by atoms with Crippen LogP contribution >= 0.6 is 11.6 Å². The van der Waals surface area contributed by atoms with E-state index >= 15 is 0 Å². The lowest BCUT2D eigenvalue weighted by Gasteiger charge is -2.26. The van der Waals surface area contributed by atoms with Gasteiger partial charge in [0.25, 0.3) is 0 Å². The second-order valence-corrected chi connectivity index (χ2v) is 4.98. The van der Waals surface area contributed by atoms with E-state index in [2.05, 4.69) is 0 Å². The molecule has 0 aromatic heterocycles. The van der Waals surface area contributed by atoms with Crippen molar-refractivity contribution in [3.63, 3.8) is 0 Å². The minimum Gasteiger partial charge on any atom is -0.381 e. The molecule has 3 heteroatoms. The van der Waals surface area contributed by atoms with Gasteiger partial charge in [-0.05, 0) is 43.2 Å². The summed E-state index contributed by atoms with van der Waals surface area (Å²) in [4.78, 5) is 0. The zero-order valence-electron chi connectivity index (χ0n) is 10.2. The van der Waals surface area contributed by atoms with E-state index in [9.17, 15) is 9.50 Å². The fourth-order valence-corrected chi connectivity index (χ4v) is 2.35. The number of halogens is 2. The molecule has 1 atom stereocenters. The van der Waals surface area contributed by atoms with Crippen LogP contribution in [0.25, 0.3) is 0 Å². The summed E-state index contributed by atoms with van der Waals surface area (Å²) in [5.41, 5.74) is 0.507. The van der Waals surface area contributed by atoms with E-state index in [0.29, 0.717) is 16.1 Å². The van der Waals surface area contributed by atoms with Crippen LogP contribution in [0.15, 0.2) is 42.5 Å². The summed E-state index contributed by atoms with van der Waals surface area (Å²) in [6.07, 6.45) is 0. The van der Waals surface area contributed by atoms with Crippen LogP contribution in [-0.4, -0.2) is 5.11 Å². The fraction of sp³-hybridized carbons (Fsp3) is 0.200. The van der Waals surface area contributed by atoms with Crippen LogP contribution in [0.2, 0.25) is 5.02 Å². The van der Waals surface area contributed by atoms with E-state index in [1.165, 1.54) is 12.1 Å². The van der Waals surface area contributed by atoms with E-state index in [1.807, 2.05) is 0 Å². The predicted octanol–water partition coefficient (Wildman–Crippen LogP) is 4.04. The number of hydrogen-bond donors (Lipinski definition) is 1. The lowest BCUT2D eigenvalue weighted by atomic mass is 9.87. The summed E-state index contributed by atoms with van der Waals surface area (Å²) in [7, 11) is 0. The van der Waals surface area contributed by atoms with Crippen molar-refractivity contribution in [2.24, 2.45) is 0 Å². The third-order valence-corrected chi connectivity index (χ3v) is 3.33. The monoisotopic (exact) mass is 264 g/mol. The molecule has 0 amide bonds. The van der Waals surface area contributed by atoms with Crippen molar-refractivity contribution in [1.29, 1.82) is 0 Å². The molecular weight excluding hydrogens is 251 g/mol. The highest BCUT2D eigenvalue weighted by molar-refractivity contribution is 6.31. The zero-order chi connectivity index (χ0) is 13.3. The van der Waals surface area contributed by atoms with Crippen molar-refractivity contribution >= 4 is 11.6 Å². The summed E-state index contributed by atoms with van der Waals surface area (Å²) >= 11 is 6.08. The molecule has 18 heavy (non-hydrogen) atoms. The Hall–Kier alpha value is -1.38. The lowest BCUT2D eigenvalue weighted by molar-refractivity contribution is 0.102. The number of benzene rings is 2. The topological polar surface area (TPSA) is 20.2 Å². The van der Waals surface area contributed by atoms with E-state index in [0.717, 1.165) is 5.56 Å². The van der Waals surface area contributed by atoms with E-state index in [1.54, 1.807) is 44.2 Å².